The summed E-state index contributed by atoms with van der Waals surface area (Å²) in [7, 11) is 0. The first-order chi connectivity index (χ1) is 12.4. The molecule has 2 atom stereocenters. The Hall–Kier alpha value is -2.51. The number of nitrogens with zero attached hydrogens (tertiary/aromatic N) is 1. The number of aromatic nitrogens is 2. The number of hydrogen-bond acceptors (Lipinski definition) is 5. The predicted octanol–water partition coefficient (Wildman–Crippen LogP) is 1.02. The second kappa shape index (κ2) is 7.80. The number of hydrazine groups is 1. The van der Waals surface area contributed by atoms with Crippen LogP contribution in [0.3, 0.4) is 0 Å². The second-order valence-electron chi connectivity index (χ2n) is 6.86. The van der Waals surface area contributed by atoms with Gasteiger partial charge in [-0.15, -0.1) is 0 Å². The fourth-order valence-electron chi connectivity index (χ4n) is 3.50. The largest absolute Gasteiger partial charge is 0.352 e. The zero-order valence-electron chi connectivity index (χ0n) is 15.3. The maximum atomic E-state index is 12.5. The van der Waals surface area contributed by atoms with E-state index in [1.165, 1.54) is 6.07 Å². The molecule has 4 N–H and O–H groups in total. The van der Waals surface area contributed by atoms with Crippen LogP contribution in [0.4, 0.5) is 0 Å². The molecule has 0 bridgehead atoms. The SMILES string of the molecule is Cc1cc(=O)[nH]c(CCNC(=O)c2cccc(C3C(C)NNC3C)c2)n1. The summed E-state index contributed by atoms with van der Waals surface area (Å²) in [6.45, 7) is 6.44. The molecule has 0 aliphatic carbocycles. The van der Waals surface area contributed by atoms with Gasteiger partial charge in [0.15, 0.2) is 0 Å². The van der Waals surface area contributed by atoms with Gasteiger partial charge in [-0.2, -0.15) is 0 Å². The first-order valence-electron chi connectivity index (χ1n) is 8.90. The molecule has 0 radical (unpaired) electrons. The number of nitrogens with one attached hydrogen (secondary N) is 4. The van der Waals surface area contributed by atoms with Crippen molar-refractivity contribution in [1.82, 2.24) is 26.1 Å². The lowest BCUT2D eigenvalue weighted by molar-refractivity contribution is 0.0954. The third-order valence-corrected chi connectivity index (χ3v) is 4.72. The van der Waals surface area contributed by atoms with Gasteiger partial charge < -0.3 is 10.3 Å². The van der Waals surface area contributed by atoms with E-state index in [0.717, 1.165) is 5.56 Å². The summed E-state index contributed by atoms with van der Waals surface area (Å²) < 4.78 is 0. The Morgan fingerprint density at radius 3 is 2.62 bits per heavy atom. The fourth-order valence-corrected chi connectivity index (χ4v) is 3.50. The van der Waals surface area contributed by atoms with Crippen LogP contribution in [-0.2, 0) is 6.42 Å². The molecule has 1 aromatic carbocycles. The van der Waals surface area contributed by atoms with Crippen molar-refractivity contribution in [3.63, 3.8) is 0 Å². The Morgan fingerprint density at radius 2 is 1.92 bits per heavy atom. The minimum Gasteiger partial charge on any atom is -0.352 e. The van der Waals surface area contributed by atoms with Gasteiger partial charge in [0.2, 0.25) is 0 Å². The zero-order valence-corrected chi connectivity index (χ0v) is 15.3. The normalized spacial score (nSPS) is 22.3. The first kappa shape index (κ1) is 18.3. The van der Waals surface area contributed by atoms with Crippen molar-refractivity contribution in [3.8, 4) is 0 Å². The highest BCUT2D eigenvalue weighted by Gasteiger charge is 2.31. The van der Waals surface area contributed by atoms with E-state index in [1.54, 1.807) is 6.92 Å². The van der Waals surface area contributed by atoms with Crippen molar-refractivity contribution in [2.45, 2.75) is 45.2 Å². The van der Waals surface area contributed by atoms with Crippen LogP contribution in [0.2, 0.25) is 0 Å². The van der Waals surface area contributed by atoms with E-state index in [1.807, 2.05) is 18.2 Å². The molecule has 1 amide bonds. The van der Waals surface area contributed by atoms with Crippen LogP contribution in [0.25, 0.3) is 0 Å². The summed E-state index contributed by atoms with van der Waals surface area (Å²) >= 11 is 0. The van der Waals surface area contributed by atoms with Gasteiger partial charge in [0.1, 0.15) is 5.82 Å². The molecule has 26 heavy (non-hydrogen) atoms. The van der Waals surface area contributed by atoms with E-state index in [-0.39, 0.29) is 11.5 Å². The van der Waals surface area contributed by atoms with E-state index in [4.69, 9.17) is 0 Å². The van der Waals surface area contributed by atoms with E-state index in [0.29, 0.717) is 48.0 Å². The lowest BCUT2D eigenvalue weighted by atomic mass is 9.88. The molecule has 7 nitrogen and oxygen atoms in total. The third-order valence-electron chi connectivity index (χ3n) is 4.72. The molecule has 2 heterocycles. The summed E-state index contributed by atoms with van der Waals surface area (Å²) in [5, 5.41) is 2.89. The van der Waals surface area contributed by atoms with Gasteiger partial charge in [-0.25, -0.2) is 4.98 Å². The second-order valence-corrected chi connectivity index (χ2v) is 6.86. The van der Waals surface area contributed by atoms with Crippen molar-refractivity contribution in [1.29, 1.82) is 0 Å². The first-order valence-corrected chi connectivity index (χ1v) is 8.90. The smallest absolute Gasteiger partial charge is 0.251 e. The fraction of sp³-hybridized carbons (Fsp3) is 0.421. The van der Waals surface area contributed by atoms with Crippen LogP contribution in [0, 0.1) is 6.92 Å². The molecule has 7 heteroatoms. The molecule has 2 aromatic rings. The Labute approximate surface area is 152 Å². The molecule has 1 fully saturated rings. The summed E-state index contributed by atoms with van der Waals surface area (Å²) in [5.41, 5.74) is 8.76. The Bertz CT molecular complexity index is 838. The quantitative estimate of drug-likeness (QED) is 0.642. The lowest BCUT2D eigenvalue weighted by Crippen LogP contribution is -2.30. The van der Waals surface area contributed by atoms with Crippen molar-refractivity contribution < 1.29 is 4.79 Å². The highest BCUT2D eigenvalue weighted by atomic mass is 16.1. The molecular weight excluding hydrogens is 330 g/mol. The van der Waals surface area contributed by atoms with Crippen LogP contribution in [0.5, 0.6) is 0 Å². The van der Waals surface area contributed by atoms with Crippen LogP contribution < -0.4 is 21.7 Å². The van der Waals surface area contributed by atoms with Gasteiger partial charge in [0.05, 0.1) is 0 Å². The van der Waals surface area contributed by atoms with Gasteiger partial charge >= 0.3 is 0 Å². The minimum absolute atomic E-state index is 0.124. The lowest BCUT2D eigenvalue weighted by Gasteiger charge is -2.19. The molecule has 2 unspecified atom stereocenters. The number of benzene rings is 1. The Morgan fingerprint density at radius 1 is 1.19 bits per heavy atom. The predicted molar refractivity (Wildman–Crippen MR) is 100 cm³/mol. The van der Waals surface area contributed by atoms with Gasteiger partial charge in [0, 0.05) is 48.3 Å². The van der Waals surface area contributed by atoms with E-state index in [2.05, 4.69) is 46.1 Å². The van der Waals surface area contributed by atoms with E-state index in [9.17, 15) is 9.59 Å². The van der Waals surface area contributed by atoms with E-state index >= 15 is 0 Å². The molecule has 138 valence electrons. The van der Waals surface area contributed by atoms with Crippen molar-refractivity contribution in [2.24, 2.45) is 0 Å². The number of rotatable bonds is 5. The molecule has 0 saturated carbocycles. The number of hydrogen-bond donors (Lipinski definition) is 4. The van der Waals surface area contributed by atoms with Gasteiger partial charge in [0.25, 0.3) is 11.5 Å². The average Bonchev–Trinajstić information content (AvgIpc) is 2.92. The monoisotopic (exact) mass is 355 g/mol. The number of H-pyrrole nitrogens is 1. The molecule has 1 aliphatic rings. The number of carbonyl (C=O) groups is 1. The molecule has 0 spiro atoms. The summed E-state index contributed by atoms with van der Waals surface area (Å²) in [6.07, 6.45) is 0.479. The Balaban J connectivity index is 1.63. The average molecular weight is 355 g/mol. The van der Waals surface area contributed by atoms with Gasteiger partial charge in [-0.05, 0) is 38.5 Å². The zero-order chi connectivity index (χ0) is 18.7. The topological polar surface area (TPSA) is 98.9 Å². The van der Waals surface area contributed by atoms with Crippen LogP contribution in [0.15, 0.2) is 35.1 Å². The third kappa shape index (κ3) is 4.17. The summed E-state index contributed by atoms with van der Waals surface area (Å²) in [4.78, 5) is 30.9. The number of carbonyl (C=O) groups excluding carboxylic acids is 1. The van der Waals surface area contributed by atoms with Crippen molar-refractivity contribution in [2.75, 3.05) is 6.54 Å². The Kier molecular flexibility index (Phi) is 5.49. The highest BCUT2D eigenvalue weighted by Crippen LogP contribution is 2.27. The number of amides is 1. The molecule has 1 aromatic heterocycles. The number of aromatic amines is 1. The van der Waals surface area contributed by atoms with Crippen LogP contribution in [0.1, 0.15) is 47.2 Å². The van der Waals surface area contributed by atoms with Crippen molar-refractivity contribution >= 4 is 5.91 Å². The van der Waals surface area contributed by atoms with E-state index < -0.39 is 0 Å². The summed E-state index contributed by atoms with van der Waals surface area (Å²) in [5.74, 6) is 0.764. The maximum absolute atomic E-state index is 12.5. The standard InChI is InChI=1S/C19H25N5O2/c1-11-9-17(25)22-16(21-11)7-8-20-19(26)15-6-4-5-14(10-15)18-12(2)23-24-13(18)3/h4-6,9-10,12-13,18,23-24H,7-8H2,1-3H3,(H,20,26)(H,21,22,25). The number of aryl methyl sites for hydroxylation is 1. The highest BCUT2D eigenvalue weighted by molar-refractivity contribution is 5.94. The minimum atomic E-state index is -0.173. The molecule has 1 saturated heterocycles. The molecular formula is C19H25N5O2. The van der Waals surface area contributed by atoms with Crippen LogP contribution >= 0.6 is 0 Å². The molecule has 3 rings (SSSR count). The van der Waals surface area contributed by atoms with Crippen molar-refractivity contribution in [3.05, 3.63) is 63.3 Å². The molecule has 1 aliphatic heterocycles. The summed E-state index contributed by atoms with van der Waals surface area (Å²) in [6, 6.07) is 9.79. The van der Waals surface area contributed by atoms with Gasteiger partial charge in [-0.1, -0.05) is 12.1 Å². The van der Waals surface area contributed by atoms with Crippen LogP contribution in [-0.4, -0.2) is 34.5 Å². The maximum Gasteiger partial charge on any atom is 0.251 e. The van der Waals surface area contributed by atoms with Gasteiger partial charge in [-0.3, -0.25) is 20.4 Å².